The summed E-state index contributed by atoms with van der Waals surface area (Å²) in [7, 11) is 0. The van der Waals surface area contributed by atoms with Gasteiger partial charge in [-0.1, -0.05) is 59.2 Å². The number of nitrogens with zero attached hydrogens (tertiary/aromatic N) is 3. The largest absolute Gasteiger partial charge is 0.480 e. The Morgan fingerprint density at radius 1 is 1.07 bits per heavy atom. The Kier molecular flexibility index (Phi) is 5.76. The zero-order chi connectivity index (χ0) is 20.9. The van der Waals surface area contributed by atoms with Gasteiger partial charge in [0.2, 0.25) is 0 Å². The number of carbonyl (C=O) groups is 1. The zero-order valence-electron chi connectivity index (χ0n) is 15.9. The van der Waals surface area contributed by atoms with Crippen LogP contribution in [0, 0.1) is 6.92 Å². The zero-order valence-corrected chi connectivity index (χ0v) is 16.6. The van der Waals surface area contributed by atoms with Gasteiger partial charge in [-0.15, -0.1) is 10.2 Å². The number of ether oxygens (including phenoxy) is 2. The lowest BCUT2D eigenvalue weighted by Crippen LogP contribution is -2.15. The molecule has 0 bridgehead atoms. The fraction of sp³-hybridized carbons (Fsp3) is 0.143. The molecule has 2 heterocycles. The summed E-state index contributed by atoms with van der Waals surface area (Å²) >= 11 is 5.98. The quantitative estimate of drug-likeness (QED) is 0.399. The summed E-state index contributed by atoms with van der Waals surface area (Å²) in [6, 6.07) is 16.3. The summed E-state index contributed by atoms with van der Waals surface area (Å²) in [5, 5.41) is 12.5. The molecule has 8 nitrogen and oxygen atoms in total. The summed E-state index contributed by atoms with van der Waals surface area (Å²) in [6.45, 7) is 1.26. The van der Waals surface area contributed by atoms with Crippen molar-refractivity contribution in [2.75, 3.05) is 6.61 Å². The molecule has 0 aliphatic carbocycles. The van der Waals surface area contributed by atoms with Gasteiger partial charge in [-0.2, -0.15) is 0 Å². The fourth-order valence-electron chi connectivity index (χ4n) is 2.71. The van der Waals surface area contributed by atoms with Crippen molar-refractivity contribution >= 4 is 17.6 Å². The molecule has 0 atom stereocenters. The van der Waals surface area contributed by atoms with E-state index in [0.29, 0.717) is 27.8 Å². The van der Waals surface area contributed by atoms with Crippen LogP contribution < -0.4 is 4.74 Å². The third-order valence-corrected chi connectivity index (χ3v) is 4.44. The van der Waals surface area contributed by atoms with Crippen LogP contribution in [0.2, 0.25) is 5.02 Å². The molecular formula is C21H16ClN3O5. The Balaban J connectivity index is 1.40. The Hall–Kier alpha value is -3.65. The Morgan fingerprint density at radius 2 is 1.83 bits per heavy atom. The van der Waals surface area contributed by atoms with Gasteiger partial charge in [-0.25, -0.2) is 4.79 Å². The molecule has 0 amide bonds. The topological polar surface area (TPSA) is 100 Å². The molecule has 0 saturated carbocycles. The van der Waals surface area contributed by atoms with Gasteiger partial charge in [0.25, 0.3) is 11.8 Å². The van der Waals surface area contributed by atoms with Crippen LogP contribution in [0.3, 0.4) is 0 Å². The molecule has 4 aromatic rings. The van der Waals surface area contributed by atoms with E-state index in [4.69, 9.17) is 30.0 Å². The number of esters is 1. The van der Waals surface area contributed by atoms with E-state index in [1.54, 1.807) is 31.2 Å². The number of rotatable bonds is 7. The van der Waals surface area contributed by atoms with Crippen LogP contribution in [0.5, 0.6) is 5.75 Å². The van der Waals surface area contributed by atoms with Crippen molar-refractivity contribution in [2.45, 2.75) is 13.5 Å². The molecule has 0 saturated heterocycles. The van der Waals surface area contributed by atoms with E-state index in [1.807, 2.05) is 30.3 Å². The van der Waals surface area contributed by atoms with Crippen molar-refractivity contribution in [3.63, 3.8) is 0 Å². The number of aryl methyl sites for hydroxylation is 1. The van der Waals surface area contributed by atoms with E-state index in [9.17, 15) is 4.79 Å². The molecular weight excluding hydrogens is 410 g/mol. The molecule has 4 rings (SSSR count). The number of hydrogen-bond donors (Lipinski definition) is 0. The molecule has 0 aliphatic rings. The minimum atomic E-state index is -0.596. The van der Waals surface area contributed by atoms with E-state index < -0.39 is 5.97 Å². The number of halogens is 1. The molecule has 0 fully saturated rings. The number of aromatic nitrogens is 3. The number of benzene rings is 2. The third-order valence-electron chi connectivity index (χ3n) is 4.13. The predicted octanol–water partition coefficient (Wildman–Crippen LogP) is 4.48. The van der Waals surface area contributed by atoms with Crippen molar-refractivity contribution in [2.24, 2.45) is 0 Å². The summed E-state index contributed by atoms with van der Waals surface area (Å²) in [5.41, 5.74) is 2.04. The lowest BCUT2D eigenvalue weighted by molar-refractivity contribution is -0.148. The van der Waals surface area contributed by atoms with Gasteiger partial charge in [0.15, 0.2) is 13.2 Å². The first kappa shape index (κ1) is 19.7. The third kappa shape index (κ3) is 4.33. The van der Waals surface area contributed by atoms with Crippen LogP contribution in [0.15, 0.2) is 63.5 Å². The molecule has 30 heavy (non-hydrogen) atoms. The van der Waals surface area contributed by atoms with Gasteiger partial charge in [0.05, 0.1) is 5.02 Å². The number of carbonyl (C=O) groups excluding carboxylic acids is 1. The highest BCUT2D eigenvalue weighted by Gasteiger charge is 2.22. The number of para-hydroxylation sites is 1. The van der Waals surface area contributed by atoms with Crippen molar-refractivity contribution in [3.8, 4) is 28.5 Å². The standard InChI is InChI=1S/C21H16ClN3O5/c1-13-19(20(25-30-13)14-7-3-2-4-8-14)21-24-23-17(29-21)11-28-18(26)12-27-16-10-6-5-9-15(16)22/h2-10H,11-12H2,1H3. The monoisotopic (exact) mass is 425 g/mol. The van der Waals surface area contributed by atoms with Gasteiger partial charge < -0.3 is 18.4 Å². The minimum absolute atomic E-state index is 0.135. The second kappa shape index (κ2) is 8.79. The van der Waals surface area contributed by atoms with E-state index >= 15 is 0 Å². The molecule has 9 heteroatoms. The first-order valence-corrected chi connectivity index (χ1v) is 9.37. The van der Waals surface area contributed by atoms with Gasteiger partial charge in [0, 0.05) is 5.56 Å². The fourth-order valence-corrected chi connectivity index (χ4v) is 2.90. The predicted molar refractivity (Wildman–Crippen MR) is 107 cm³/mol. The van der Waals surface area contributed by atoms with E-state index in [2.05, 4.69) is 15.4 Å². The maximum Gasteiger partial charge on any atom is 0.344 e. The smallest absolute Gasteiger partial charge is 0.344 e. The molecule has 2 aromatic carbocycles. The van der Waals surface area contributed by atoms with E-state index in [0.717, 1.165) is 5.56 Å². The van der Waals surface area contributed by atoms with Crippen LogP contribution in [-0.4, -0.2) is 27.9 Å². The molecule has 0 radical (unpaired) electrons. The Labute approximate surface area is 176 Å². The molecule has 0 aliphatic heterocycles. The van der Waals surface area contributed by atoms with E-state index in [-0.39, 0.29) is 25.0 Å². The van der Waals surface area contributed by atoms with Crippen LogP contribution in [0.4, 0.5) is 0 Å². The molecule has 0 unspecified atom stereocenters. The van der Waals surface area contributed by atoms with Gasteiger partial charge in [-0.05, 0) is 19.1 Å². The molecule has 2 aromatic heterocycles. The first-order valence-electron chi connectivity index (χ1n) is 8.99. The normalized spacial score (nSPS) is 10.7. The van der Waals surface area contributed by atoms with Gasteiger partial charge in [0.1, 0.15) is 22.8 Å². The summed E-state index contributed by atoms with van der Waals surface area (Å²) in [5.74, 6) is 0.698. The highest BCUT2D eigenvalue weighted by molar-refractivity contribution is 6.32. The van der Waals surface area contributed by atoms with Crippen LogP contribution >= 0.6 is 11.6 Å². The summed E-state index contributed by atoms with van der Waals surface area (Å²) < 4.78 is 21.4. The SMILES string of the molecule is Cc1onc(-c2ccccc2)c1-c1nnc(COC(=O)COc2ccccc2Cl)o1. The Bertz CT molecular complexity index is 1160. The highest BCUT2D eigenvalue weighted by atomic mass is 35.5. The second-order valence-corrected chi connectivity index (χ2v) is 6.62. The molecule has 0 spiro atoms. The average molecular weight is 426 g/mol. The lowest BCUT2D eigenvalue weighted by Gasteiger charge is -2.06. The van der Waals surface area contributed by atoms with E-state index in [1.165, 1.54) is 0 Å². The minimum Gasteiger partial charge on any atom is -0.480 e. The van der Waals surface area contributed by atoms with Crippen molar-refractivity contribution < 1.29 is 23.2 Å². The molecule has 0 N–H and O–H groups in total. The Morgan fingerprint density at radius 3 is 2.63 bits per heavy atom. The van der Waals surface area contributed by atoms with Gasteiger partial charge in [-0.3, -0.25) is 0 Å². The lowest BCUT2D eigenvalue weighted by atomic mass is 10.1. The number of hydrogen-bond acceptors (Lipinski definition) is 8. The first-order chi connectivity index (χ1) is 14.6. The average Bonchev–Trinajstić information content (AvgIpc) is 3.38. The second-order valence-electron chi connectivity index (χ2n) is 6.21. The van der Waals surface area contributed by atoms with Crippen molar-refractivity contribution in [3.05, 3.63) is 71.3 Å². The van der Waals surface area contributed by atoms with Gasteiger partial charge >= 0.3 is 5.97 Å². The summed E-state index contributed by atoms with van der Waals surface area (Å²) in [6.07, 6.45) is 0. The maximum atomic E-state index is 11.9. The van der Waals surface area contributed by atoms with Crippen LogP contribution in [0.1, 0.15) is 11.7 Å². The van der Waals surface area contributed by atoms with Crippen LogP contribution in [-0.2, 0) is 16.1 Å². The maximum absolute atomic E-state index is 11.9. The van der Waals surface area contributed by atoms with Crippen molar-refractivity contribution in [1.82, 2.24) is 15.4 Å². The molecule has 152 valence electrons. The van der Waals surface area contributed by atoms with Crippen LogP contribution in [0.25, 0.3) is 22.7 Å². The van der Waals surface area contributed by atoms with Crippen molar-refractivity contribution in [1.29, 1.82) is 0 Å². The highest BCUT2D eigenvalue weighted by Crippen LogP contribution is 2.33. The summed E-state index contributed by atoms with van der Waals surface area (Å²) in [4.78, 5) is 11.9.